The Balaban J connectivity index is 1.58. The number of benzene rings is 1. The second kappa shape index (κ2) is 6.10. The summed E-state index contributed by atoms with van der Waals surface area (Å²) in [4.78, 5) is 4.13. The first-order chi connectivity index (χ1) is 10.3. The summed E-state index contributed by atoms with van der Waals surface area (Å²) in [6.07, 6.45) is 3.54. The van der Waals surface area contributed by atoms with Gasteiger partial charge in [0.2, 0.25) is 0 Å². The molecule has 0 aliphatic rings. The number of nitrogens with zero attached hydrogens (tertiary/aromatic N) is 3. The number of H-pyrrole nitrogens is 1. The maximum Gasteiger partial charge on any atom is 0.137 e. The Kier molecular flexibility index (Phi) is 4.01. The number of aromatic nitrogens is 4. The smallest absolute Gasteiger partial charge is 0.137 e. The van der Waals surface area contributed by atoms with Crippen LogP contribution in [0.25, 0.3) is 10.9 Å². The Bertz CT molecular complexity index is 673. The summed E-state index contributed by atoms with van der Waals surface area (Å²) in [6.45, 7) is 4.07. The number of hydrogen-bond donors (Lipinski definition) is 2. The quantitative estimate of drug-likeness (QED) is 0.683. The first kappa shape index (κ1) is 13.8. The zero-order valence-corrected chi connectivity index (χ0v) is 12.6. The lowest BCUT2D eigenvalue weighted by Gasteiger charge is -2.07. The molecular formula is C16H21N5. The van der Waals surface area contributed by atoms with Crippen molar-refractivity contribution < 1.29 is 0 Å². The molecule has 2 N–H and O–H groups in total. The Hall–Kier alpha value is -2.14. The molecule has 0 spiro atoms. The third kappa shape index (κ3) is 2.83. The summed E-state index contributed by atoms with van der Waals surface area (Å²) in [5.74, 6) is 0.956. The second-order valence-electron chi connectivity index (χ2n) is 5.36. The molecule has 0 aliphatic heterocycles. The lowest BCUT2D eigenvalue weighted by atomic mass is 10.1. The summed E-state index contributed by atoms with van der Waals surface area (Å²) < 4.78 is 2.29. The Labute approximate surface area is 124 Å². The molecule has 0 amide bonds. The van der Waals surface area contributed by atoms with Gasteiger partial charge in [-0.05, 0) is 31.5 Å². The number of hydrogen-bond acceptors (Lipinski definition) is 3. The van der Waals surface area contributed by atoms with E-state index < -0.39 is 0 Å². The topological polar surface area (TPSA) is 58.5 Å². The summed E-state index contributed by atoms with van der Waals surface area (Å²) in [5, 5.41) is 11.6. The minimum absolute atomic E-state index is 0.896. The van der Waals surface area contributed by atoms with Gasteiger partial charge in [-0.3, -0.25) is 5.10 Å². The predicted molar refractivity (Wildman–Crippen MR) is 84.1 cm³/mol. The van der Waals surface area contributed by atoms with Crippen molar-refractivity contribution >= 4 is 10.9 Å². The SMILES string of the molecule is Cc1c(CNCCCc2ncn[nH]2)n(C)c2ccccc12. The molecule has 3 aromatic rings. The molecule has 5 heteroatoms. The lowest BCUT2D eigenvalue weighted by molar-refractivity contribution is 0.619. The van der Waals surface area contributed by atoms with Crippen LogP contribution in [0.1, 0.15) is 23.5 Å². The maximum atomic E-state index is 4.13. The van der Waals surface area contributed by atoms with Crippen LogP contribution in [-0.4, -0.2) is 26.3 Å². The third-order valence-electron chi connectivity index (χ3n) is 4.03. The minimum atomic E-state index is 0.896. The van der Waals surface area contributed by atoms with Gasteiger partial charge in [0, 0.05) is 36.6 Å². The fourth-order valence-electron chi connectivity index (χ4n) is 2.83. The number of nitrogens with one attached hydrogen (secondary N) is 2. The van der Waals surface area contributed by atoms with Gasteiger partial charge < -0.3 is 9.88 Å². The molecule has 0 atom stereocenters. The van der Waals surface area contributed by atoms with E-state index >= 15 is 0 Å². The van der Waals surface area contributed by atoms with E-state index in [1.54, 1.807) is 6.33 Å². The van der Waals surface area contributed by atoms with Crippen LogP contribution in [-0.2, 0) is 20.0 Å². The van der Waals surface area contributed by atoms with Crippen LogP contribution >= 0.6 is 0 Å². The van der Waals surface area contributed by atoms with Gasteiger partial charge >= 0.3 is 0 Å². The van der Waals surface area contributed by atoms with Crippen LogP contribution in [0.3, 0.4) is 0 Å². The highest BCUT2D eigenvalue weighted by Gasteiger charge is 2.10. The summed E-state index contributed by atoms with van der Waals surface area (Å²) in [6, 6.07) is 8.56. The van der Waals surface area contributed by atoms with E-state index in [1.807, 2.05) is 0 Å². The number of aryl methyl sites for hydroxylation is 3. The summed E-state index contributed by atoms with van der Waals surface area (Å²) in [5.41, 5.74) is 4.03. The first-order valence-corrected chi connectivity index (χ1v) is 7.35. The lowest BCUT2D eigenvalue weighted by Crippen LogP contribution is -2.18. The maximum absolute atomic E-state index is 4.13. The predicted octanol–water partition coefficient (Wildman–Crippen LogP) is 2.33. The van der Waals surface area contributed by atoms with Gasteiger partial charge in [0.05, 0.1) is 0 Å². The van der Waals surface area contributed by atoms with Gasteiger partial charge in [-0.15, -0.1) is 0 Å². The van der Waals surface area contributed by atoms with Crippen molar-refractivity contribution in [2.75, 3.05) is 6.54 Å². The Morgan fingerprint density at radius 1 is 1.29 bits per heavy atom. The van der Waals surface area contributed by atoms with Crippen molar-refractivity contribution in [2.24, 2.45) is 7.05 Å². The van der Waals surface area contributed by atoms with E-state index in [-0.39, 0.29) is 0 Å². The van der Waals surface area contributed by atoms with Crippen LogP contribution in [0.5, 0.6) is 0 Å². The van der Waals surface area contributed by atoms with E-state index in [1.165, 1.54) is 22.2 Å². The second-order valence-corrected chi connectivity index (χ2v) is 5.36. The van der Waals surface area contributed by atoms with Gasteiger partial charge in [0.1, 0.15) is 12.2 Å². The van der Waals surface area contributed by atoms with Gasteiger partial charge in [-0.1, -0.05) is 18.2 Å². The molecule has 2 heterocycles. The fraction of sp³-hybridized carbons (Fsp3) is 0.375. The van der Waals surface area contributed by atoms with Gasteiger partial charge in [0.15, 0.2) is 0 Å². The molecule has 2 aromatic heterocycles. The van der Waals surface area contributed by atoms with E-state index in [0.29, 0.717) is 0 Å². The van der Waals surface area contributed by atoms with E-state index in [0.717, 1.165) is 31.8 Å². The fourth-order valence-corrected chi connectivity index (χ4v) is 2.83. The van der Waals surface area contributed by atoms with Crippen LogP contribution in [0, 0.1) is 6.92 Å². The standard InChI is InChI=1S/C16H21N5/c1-12-13-6-3-4-7-14(13)21(2)15(12)10-17-9-5-8-16-18-11-19-20-16/h3-4,6-7,11,17H,5,8-10H2,1-2H3,(H,18,19,20). The molecule has 3 rings (SSSR count). The van der Waals surface area contributed by atoms with E-state index in [2.05, 4.69) is 63.3 Å². The summed E-state index contributed by atoms with van der Waals surface area (Å²) in [7, 11) is 2.14. The zero-order valence-electron chi connectivity index (χ0n) is 12.6. The van der Waals surface area contributed by atoms with Crippen molar-refractivity contribution in [1.29, 1.82) is 0 Å². The minimum Gasteiger partial charge on any atom is -0.346 e. The monoisotopic (exact) mass is 283 g/mol. The van der Waals surface area contributed by atoms with Crippen molar-refractivity contribution in [1.82, 2.24) is 25.1 Å². The number of aromatic amines is 1. The van der Waals surface area contributed by atoms with Crippen molar-refractivity contribution in [3.63, 3.8) is 0 Å². The summed E-state index contributed by atoms with van der Waals surface area (Å²) >= 11 is 0. The van der Waals surface area contributed by atoms with Crippen molar-refractivity contribution in [3.05, 3.63) is 47.7 Å². The molecule has 21 heavy (non-hydrogen) atoms. The molecule has 0 saturated heterocycles. The molecule has 0 fully saturated rings. The first-order valence-electron chi connectivity index (χ1n) is 7.35. The molecule has 0 bridgehead atoms. The Morgan fingerprint density at radius 2 is 2.14 bits per heavy atom. The van der Waals surface area contributed by atoms with Crippen LogP contribution in [0.2, 0.25) is 0 Å². The molecule has 0 unspecified atom stereocenters. The van der Waals surface area contributed by atoms with E-state index in [4.69, 9.17) is 0 Å². The van der Waals surface area contributed by atoms with Crippen molar-refractivity contribution in [2.45, 2.75) is 26.3 Å². The van der Waals surface area contributed by atoms with Gasteiger partial charge in [-0.2, -0.15) is 5.10 Å². The van der Waals surface area contributed by atoms with Crippen molar-refractivity contribution in [3.8, 4) is 0 Å². The van der Waals surface area contributed by atoms with Crippen LogP contribution in [0.15, 0.2) is 30.6 Å². The highest BCUT2D eigenvalue weighted by Crippen LogP contribution is 2.24. The number of para-hydroxylation sites is 1. The highest BCUT2D eigenvalue weighted by molar-refractivity contribution is 5.85. The average Bonchev–Trinajstić information content (AvgIpc) is 3.10. The molecule has 0 saturated carbocycles. The zero-order chi connectivity index (χ0) is 14.7. The highest BCUT2D eigenvalue weighted by atomic mass is 15.2. The van der Waals surface area contributed by atoms with Gasteiger partial charge in [0.25, 0.3) is 0 Å². The molecular weight excluding hydrogens is 262 g/mol. The van der Waals surface area contributed by atoms with Crippen LogP contribution in [0.4, 0.5) is 0 Å². The third-order valence-corrected chi connectivity index (χ3v) is 4.03. The molecule has 1 aromatic carbocycles. The molecule has 5 nitrogen and oxygen atoms in total. The van der Waals surface area contributed by atoms with Crippen LogP contribution < -0.4 is 5.32 Å². The molecule has 110 valence electrons. The normalized spacial score (nSPS) is 11.3. The largest absolute Gasteiger partial charge is 0.346 e. The number of rotatable bonds is 6. The van der Waals surface area contributed by atoms with Gasteiger partial charge in [-0.25, -0.2) is 4.98 Å². The number of fused-ring (bicyclic) bond motifs is 1. The molecule has 0 radical (unpaired) electrons. The molecule has 0 aliphatic carbocycles. The van der Waals surface area contributed by atoms with E-state index in [9.17, 15) is 0 Å². The Morgan fingerprint density at radius 3 is 2.90 bits per heavy atom. The average molecular weight is 283 g/mol.